The Kier molecular flexibility index (Phi) is 4.87. The Balaban J connectivity index is 1.48. The van der Waals surface area contributed by atoms with Crippen LogP contribution >= 0.6 is 0 Å². The van der Waals surface area contributed by atoms with Gasteiger partial charge in [0, 0.05) is 32.7 Å². The molecule has 2 heterocycles. The Morgan fingerprint density at radius 1 is 1.21 bits per heavy atom. The first kappa shape index (κ1) is 16.1. The van der Waals surface area contributed by atoms with E-state index in [1.807, 2.05) is 23.7 Å². The fraction of sp³-hybridized carbons (Fsp3) is 0.429. The van der Waals surface area contributed by atoms with Gasteiger partial charge in [-0.25, -0.2) is 16.2 Å². The molecule has 130 valence electrons. The zero-order valence-electron chi connectivity index (χ0n) is 13.2. The van der Waals surface area contributed by atoms with Gasteiger partial charge in [0.05, 0.1) is 0 Å². The first-order valence-electron chi connectivity index (χ1n) is 7.61. The summed E-state index contributed by atoms with van der Waals surface area (Å²) in [6, 6.07) is 5.67. The highest BCUT2D eigenvalue weighted by Gasteiger charge is 2.22. The number of carbonyl (C=O) groups excluding carboxylic acids is 1. The number of hydrogen-bond acceptors (Lipinski definition) is 7. The summed E-state index contributed by atoms with van der Waals surface area (Å²) in [4.78, 5) is 16.0. The largest absolute Gasteiger partial charge is 0.454 e. The SMILES string of the molecule is NN/N=C(\N)NC(=O)N1CCN(Cc2ccc3c(c2)OCO3)CC1. The Bertz CT molecular complexity index is 629. The van der Waals surface area contributed by atoms with Crippen molar-refractivity contribution in [3.63, 3.8) is 0 Å². The molecule has 0 aliphatic carbocycles. The van der Waals surface area contributed by atoms with Gasteiger partial charge in [0.15, 0.2) is 11.5 Å². The number of urea groups is 1. The van der Waals surface area contributed by atoms with Crippen LogP contribution in [-0.4, -0.2) is 54.8 Å². The third-order valence-corrected chi connectivity index (χ3v) is 3.92. The molecular formula is C14H21N7O3. The maximum Gasteiger partial charge on any atom is 0.324 e. The zero-order chi connectivity index (χ0) is 16.9. The van der Waals surface area contributed by atoms with E-state index in [0.717, 1.165) is 36.7 Å². The van der Waals surface area contributed by atoms with Crippen LogP contribution in [0.15, 0.2) is 23.3 Å². The number of guanidine groups is 1. The third kappa shape index (κ3) is 3.78. The number of piperazine rings is 1. The molecule has 0 radical (unpaired) electrons. The van der Waals surface area contributed by atoms with Crippen LogP contribution in [0.4, 0.5) is 4.79 Å². The average molecular weight is 335 g/mol. The lowest BCUT2D eigenvalue weighted by molar-refractivity contribution is 0.138. The number of carbonyl (C=O) groups is 1. The molecule has 0 aromatic heterocycles. The van der Waals surface area contributed by atoms with E-state index >= 15 is 0 Å². The van der Waals surface area contributed by atoms with Gasteiger partial charge < -0.3 is 20.1 Å². The van der Waals surface area contributed by atoms with Crippen LogP contribution in [-0.2, 0) is 6.54 Å². The molecule has 1 aromatic carbocycles. The smallest absolute Gasteiger partial charge is 0.324 e. The van der Waals surface area contributed by atoms with E-state index in [-0.39, 0.29) is 18.8 Å². The van der Waals surface area contributed by atoms with E-state index in [2.05, 4.69) is 15.3 Å². The van der Waals surface area contributed by atoms with E-state index in [4.69, 9.17) is 21.1 Å². The molecule has 10 nitrogen and oxygen atoms in total. The first-order chi connectivity index (χ1) is 11.7. The molecule has 3 rings (SSSR count). The highest BCUT2D eigenvalue weighted by Crippen LogP contribution is 2.32. The van der Waals surface area contributed by atoms with E-state index in [1.54, 1.807) is 4.90 Å². The highest BCUT2D eigenvalue weighted by molar-refractivity contribution is 5.95. The highest BCUT2D eigenvalue weighted by atomic mass is 16.7. The summed E-state index contributed by atoms with van der Waals surface area (Å²) in [5, 5.41) is 5.96. The molecule has 2 aliphatic rings. The minimum Gasteiger partial charge on any atom is -0.454 e. The van der Waals surface area contributed by atoms with E-state index in [0.29, 0.717) is 13.1 Å². The lowest BCUT2D eigenvalue weighted by atomic mass is 10.1. The van der Waals surface area contributed by atoms with Gasteiger partial charge in [-0.15, -0.1) is 5.10 Å². The fourth-order valence-corrected chi connectivity index (χ4v) is 2.69. The van der Waals surface area contributed by atoms with Crippen molar-refractivity contribution in [1.82, 2.24) is 20.7 Å². The number of nitrogens with one attached hydrogen (secondary N) is 2. The van der Waals surface area contributed by atoms with Gasteiger partial charge in [0.2, 0.25) is 12.8 Å². The van der Waals surface area contributed by atoms with Crippen molar-refractivity contribution in [2.75, 3.05) is 33.0 Å². The fourth-order valence-electron chi connectivity index (χ4n) is 2.69. The molecule has 2 amide bonds. The number of fused-ring (bicyclic) bond motifs is 1. The number of nitrogens with two attached hydrogens (primary N) is 2. The minimum atomic E-state index is -0.283. The van der Waals surface area contributed by atoms with Crippen LogP contribution in [0.5, 0.6) is 11.5 Å². The lowest BCUT2D eigenvalue weighted by Crippen LogP contribution is -2.53. The summed E-state index contributed by atoms with van der Waals surface area (Å²) in [6.07, 6.45) is 0. The number of rotatable bonds is 3. The molecular weight excluding hydrogens is 314 g/mol. The summed E-state index contributed by atoms with van der Waals surface area (Å²) in [7, 11) is 0. The number of amides is 2. The number of benzene rings is 1. The van der Waals surface area contributed by atoms with E-state index < -0.39 is 0 Å². The predicted molar refractivity (Wildman–Crippen MR) is 86.9 cm³/mol. The van der Waals surface area contributed by atoms with Gasteiger partial charge in [0.1, 0.15) is 0 Å². The van der Waals surface area contributed by atoms with Crippen LogP contribution in [0.2, 0.25) is 0 Å². The number of ether oxygens (including phenoxy) is 2. The Hall–Kier alpha value is -2.72. The molecule has 1 saturated heterocycles. The van der Waals surface area contributed by atoms with Crippen LogP contribution in [0, 0.1) is 0 Å². The molecule has 0 saturated carbocycles. The Morgan fingerprint density at radius 3 is 2.71 bits per heavy atom. The van der Waals surface area contributed by atoms with Crippen molar-refractivity contribution < 1.29 is 14.3 Å². The molecule has 1 aromatic rings. The van der Waals surface area contributed by atoms with E-state index in [1.165, 1.54) is 0 Å². The lowest BCUT2D eigenvalue weighted by Gasteiger charge is -2.34. The van der Waals surface area contributed by atoms with Crippen molar-refractivity contribution in [3.8, 4) is 11.5 Å². The summed E-state index contributed by atoms with van der Waals surface area (Å²) >= 11 is 0. The molecule has 0 bridgehead atoms. The second-order valence-electron chi connectivity index (χ2n) is 5.51. The van der Waals surface area contributed by atoms with E-state index in [9.17, 15) is 4.79 Å². The summed E-state index contributed by atoms with van der Waals surface area (Å²) in [6.45, 7) is 3.84. The Morgan fingerprint density at radius 2 is 1.96 bits per heavy atom. The van der Waals surface area contributed by atoms with Gasteiger partial charge in [-0.1, -0.05) is 6.07 Å². The quantitative estimate of drug-likeness (QED) is 0.240. The van der Waals surface area contributed by atoms with Crippen molar-refractivity contribution in [3.05, 3.63) is 23.8 Å². The molecule has 1 fully saturated rings. The second-order valence-corrected chi connectivity index (χ2v) is 5.51. The minimum absolute atomic E-state index is 0.0645. The normalized spacial score (nSPS) is 17.7. The number of nitrogens with zero attached hydrogens (tertiary/aromatic N) is 3. The topological polar surface area (TPSA) is 130 Å². The van der Waals surface area contributed by atoms with Gasteiger partial charge in [-0.05, 0) is 17.7 Å². The predicted octanol–water partition coefficient (Wildman–Crippen LogP) is -1.06. The molecule has 2 aliphatic heterocycles. The summed E-state index contributed by atoms with van der Waals surface area (Å²) in [5.41, 5.74) is 8.67. The van der Waals surface area contributed by atoms with Gasteiger partial charge in [0.25, 0.3) is 0 Å². The molecule has 0 spiro atoms. The monoisotopic (exact) mass is 335 g/mol. The standard InChI is InChI=1S/C14H21N7O3/c15-13(18-19-16)17-14(22)21-5-3-20(4-6-21)8-10-1-2-11-12(7-10)24-9-23-11/h1-2,7,19H,3-6,8-9,16H2,(H3,15,17,18,22). The number of hydrazine groups is 1. The average Bonchev–Trinajstić information content (AvgIpc) is 3.03. The van der Waals surface area contributed by atoms with Crippen LogP contribution in [0.1, 0.15) is 5.56 Å². The molecule has 0 atom stereocenters. The molecule has 0 unspecified atom stereocenters. The van der Waals surface area contributed by atoms with Crippen molar-refractivity contribution in [1.29, 1.82) is 0 Å². The Labute approximate surface area is 139 Å². The van der Waals surface area contributed by atoms with Crippen LogP contribution < -0.4 is 31.9 Å². The summed E-state index contributed by atoms with van der Waals surface area (Å²) in [5.74, 6) is 6.51. The maximum absolute atomic E-state index is 12.0. The summed E-state index contributed by atoms with van der Waals surface area (Å²) < 4.78 is 10.7. The molecule has 24 heavy (non-hydrogen) atoms. The van der Waals surface area contributed by atoms with Gasteiger partial charge >= 0.3 is 6.03 Å². The second kappa shape index (κ2) is 7.23. The van der Waals surface area contributed by atoms with Gasteiger partial charge in [-0.2, -0.15) is 0 Å². The van der Waals surface area contributed by atoms with Crippen molar-refractivity contribution >= 4 is 12.0 Å². The third-order valence-electron chi connectivity index (χ3n) is 3.92. The van der Waals surface area contributed by atoms with Crippen molar-refractivity contribution in [2.24, 2.45) is 16.7 Å². The molecule has 6 N–H and O–H groups in total. The first-order valence-corrected chi connectivity index (χ1v) is 7.61. The zero-order valence-corrected chi connectivity index (χ0v) is 13.2. The van der Waals surface area contributed by atoms with Crippen molar-refractivity contribution in [2.45, 2.75) is 6.54 Å². The van der Waals surface area contributed by atoms with Gasteiger partial charge in [-0.3, -0.25) is 10.2 Å². The number of hydrazone groups is 1. The maximum atomic E-state index is 12.0. The molecule has 10 heteroatoms. The number of hydrogen-bond donors (Lipinski definition) is 4. The van der Waals surface area contributed by atoms with Crippen LogP contribution in [0.25, 0.3) is 0 Å². The van der Waals surface area contributed by atoms with Crippen LogP contribution in [0.3, 0.4) is 0 Å².